The van der Waals surface area contributed by atoms with Gasteiger partial charge in [0.05, 0.1) is 12.2 Å². The summed E-state index contributed by atoms with van der Waals surface area (Å²) in [6.07, 6.45) is -0.962. The van der Waals surface area contributed by atoms with Crippen LogP contribution in [0.1, 0.15) is 22.8 Å². The van der Waals surface area contributed by atoms with Crippen molar-refractivity contribution in [2.24, 2.45) is 0 Å². The smallest absolute Gasteiger partial charge is 0.341 e. The number of halogens is 1. The van der Waals surface area contributed by atoms with E-state index in [0.29, 0.717) is 22.8 Å². The molecule has 0 aliphatic rings. The number of hydrogen-bond donors (Lipinski definition) is 3. The van der Waals surface area contributed by atoms with E-state index in [1.54, 1.807) is 36.4 Å². The first kappa shape index (κ1) is 19.8. The summed E-state index contributed by atoms with van der Waals surface area (Å²) in [5.41, 5.74) is 1.61. The van der Waals surface area contributed by atoms with E-state index in [2.05, 4.69) is 10.6 Å². The molecule has 2 aromatic carbocycles. The van der Waals surface area contributed by atoms with Gasteiger partial charge in [0, 0.05) is 23.8 Å². The number of aliphatic hydroxyl groups excluding tert-OH is 1. The number of carbonyl (C=O) groups excluding carboxylic acids is 2. The topological polar surface area (TPSA) is 87.7 Å². The van der Waals surface area contributed by atoms with Crippen molar-refractivity contribution in [3.63, 3.8) is 0 Å². The molecule has 0 aromatic heterocycles. The van der Waals surface area contributed by atoms with Crippen LogP contribution < -0.4 is 10.6 Å². The molecule has 0 aliphatic heterocycles. The van der Waals surface area contributed by atoms with Crippen LogP contribution >= 0.6 is 11.6 Å². The van der Waals surface area contributed by atoms with Gasteiger partial charge < -0.3 is 20.5 Å². The largest absolute Gasteiger partial charge is 0.449 e. The van der Waals surface area contributed by atoms with Crippen molar-refractivity contribution in [1.29, 1.82) is 0 Å². The summed E-state index contributed by atoms with van der Waals surface area (Å²) in [5.74, 6) is -1.04. The van der Waals surface area contributed by atoms with Crippen molar-refractivity contribution >= 4 is 29.2 Å². The van der Waals surface area contributed by atoms with Crippen LogP contribution in [0, 0.1) is 0 Å². The quantitative estimate of drug-likeness (QED) is 0.616. The van der Waals surface area contributed by atoms with Crippen LogP contribution in [0.15, 0.2) is 48.5 Å². The van der Waals surface area contributed by atoms with Crippen LogP contribution in [0.5, 0.6) is 0 Å². The van der Waals surface area contributed by atoms with Gasteiger partial charge in [-0.15, -0.1) is 0 Å². The SMILES string of the molecule is CC(OC(=O)c1ccccc1NCCO)C(=O)NCc1ccccc1Cl. The van der Waals surface area contributed by atoms with Crippen molar-refractivity contribution < 1.29 is 19.4 Å². The molecule has 0 spiro atoms. The summed E-state index contributed by atoms with van der Waals surface area (Å²) in [7, 11) is 0. The average Bonchev–Trinajstić information content (AvgIpc) is 2.65. The van der Waals surface area contributed by atoms with Crippen molar-refractivity contribution in [3.8, 4) is 0 Å². The van der Waals surface area contributed by atoms with Crippen molar-refractivity contribution in [2.75, 3.05) is 18.5 Å². The molecule has 0 bridgehead atoms. The second-order valence-electron chi connectivity index (χ2n) is 5.55. The van der Waals surface area contributed by atoms with Gasteiger partial charge in [-0.3, -0.25) is 4.79 Å². The summed E-state index contributed by atoms with van der Waals surface area (Å²) in [6, 6.07) is 13.9. The first-order chi connectivity index (χ1) is 12.5. The molecule has 0 saturated carbocycles. The van der Waals surface area contributed by atoms with E-state index in [-0.39, 0.29) is 13.2 Å². The van der Waals surface area contributed by atoms with Crippen LogP contribution in [0.25, 0.3) is 0 Å². The normalized spacial score (nSPS) is 11.5. The standard InChI is InChI=1S/C19H21ClN2O4/c1-13(18(24)22-12-14-6-2-4-8-16(14)20)26-19(25)15-7-3-5-9-17(15)21-10-11-23/h2-9,13,21,23H,10-12H2,1H3,(H,22,24). The second-order valence-corrected chi connectivity index (χ2v) is 5.96. The maximum atomic E-state index is 12.3. The maximum absolute atomic E-state index is 12.3. The predicted molar refractivity (Wildman–Crippen MR) is 100 cm³/mol. The number of esters is 1. The number of ether oxygens (including phenoxy) is 1. The van der Waals surface area contributed by atoms with E-state index >= 15 is 0 Å². The fraction of sp³-hybridized carbons (Fsp3) is 0.263. The Balaban J connectivity index is 1.94. The number of anilines is 1. The third kappa shape index (κ3) is 5.47. The molecule has 0 aliphatic carbocycles. The lowest BCUT2D eigenvalue weighted by molar-refractivity contribution is -0.129. The Morgan fingerprint density at radius 1 is 1.15 bits per heavy atom. The fourth-order valence-corrected chi connectivity index (χ4v) is 2.45. The summed E-state index contributed by atoms with van der Waals surface area (Å²) in [4.78, 5) is 24.5. The van der Waals surface area contributed by atoms with Crippen molar-refractivity contribution in [3.05, 3.63) is 64.7 Å². The molecule has 26 heavy (non-hydrogen) atoms. The van der Waals surface area contributed by atoms with E-state index in [9.17, 15) is 9.59 Å². The number of rotatable bonds is 8. The third-order valence-corrected chi connectivity index (χ3v) is 4.01. The number of carbonyl (C=O) groups is 2. The first-order valence-electron chi connectivity index (χ1n) is 8.18. The Bertz CT molecular complexity index is 767. The zero-order valence-electron chi connectivity index (χ0n) is 14.4. The molecule has 1 unspecified atom stereocenters. The van der Waals surface area contributed by atoms with Crippen LogP contribution in [0.2, 0.25) is 5.02 Å². The van der Waals surface area contributed by atoms with Gasteiger partial charge in [0.15, 0.2) is 6.10 Å². The molecule has 0 fully saturated rings. The maximum Gasteiger partial charge on any atom is 0.341 e. The number of nitrogens with one attached hydrogen (secondary N) is 2. The van der Waals surface area contributed by atoms with E-state index in [1.807, 2.05) is 12.1 Å². The minimum absolute atomic E-state index is 0.0652. The molecule has 0 radical (unpaired) electrons. The minimum atomic E-state index is -0.962. The molecule has 1 atom stereocenters. The molecule has 0 heterocycles. The van der Waals surface area contributed by atoms with Gasteiger partial charge in [0.1, 0.15) is 0 Å². The van der Waals surface area contributed by atoms with Gasteiger partial charge in [-0.2, -0.15) is 0 Å². The summed E-state index contributed by atoms with van der Waals surface area (Å²) in [5, 5.41) is 15.1. The van der Waals surface area contributed by atoms with E-state index in [4.69, 9.17) is 21.4 Å². The lowest BCUT2D eigenvalue weighted by atomic mass is 10.1. The molecule has 2 rings (SSSR count). The van der Waals surface area contributed by atoms with E-state index in [0.717, 1.165) is 5.56 Å². The number of para-hydroxylation sites is 1. The molecule has 0 saturated heterocycles. The van der Waals surface area contributed by atoms with E-state index < -0.39 is 18.0 Å². The second kappa shape index (κ2) is 9.79. The Kier molecular flexibility index (Phi) is 7.44. The number of hydrogen-bond acceptors (Lipinski definition) is 5. The van der Waals surface area contributed by atoms with Crippen LogP contribution in [-0.2, 0) is 16.1 Å². The lowest BCUT2D eigenvalue weighted by Crippen LogP contribution is -2.35. The number of amides is 1. The van der Waals surface area contributed by atoms with Crippen molar-refractivity contribution in [1.82, 2.24) is 5.32 Å². The van der Waals surface area contributed by atoms with Gasteiger partial charge in [-0.25, -0.2) is 4.79 Å². The Hall–Kier alpha value is -2.57. The van der Waals surface area contributed by atoms with Gasteiger partial charge >= 0.3 is 5.97 Å². The first-order valence-corrected chi connectivity index (χ1v) is 8.56. The highest BCUT2D eigenvalue weighted by Crippen LogP contribution is 2.17. The Labute approximate surface area is 157 Å². The fourth-order valence-electron chi connectivity index (χ4n) is 2.25. The van der Waals surface area contributed by atoms with Crippen LogP contribution in [-0.4, -0.2) is 36.2 Å². The Morgan fingerprint density at radius 3 is 2.58 bits per heavy atom. The minimum Gasteiger partial charge on any atom is -0.449 e. The third-order valence-electron chi connectivity index (χ3n) is 3.64. The molecule has 7 heteroatoms. The van der Waals surface area contributed by atoms with Crippen LogP contribution in [0.3, 0.4) is 0 Å². The molecule has 2 aromatic rings. The molecule has 138 valence electrons. The van der Waals surface area contributed by atoms with Gasteiger partial charge in [-0.1, -0.05) is 41.9 Å². The average molecular weight is 377 g/mol. The monoisotopic (exact) mass is 376 g/mol. The van der Waals surface area contributed by atoms with E-state index in [1.165, 1.54) is 6.92 Å². The summed E-state index contributed by atoms with van der Waals surface area (Å²) < 4.78 is 5.25. The molecule has 3 N–H and O–H groups in total. The Morgan fingerprint density at radius 2 is 1.85 bits per heavy atom. The molecule has 6 nitrogen and oxygen atoms in total. The van der Waals surface area contributed by atoms with Crippen molar-refractivity contribution in [2.45, 2.75) is 19.6 Å². The summed E-state index contributed by atoms with van der Waals surface area (Å²) >= 11 is 6.05. The number of aliphatic hydroxyl groups is 1. The molecular weight excluding hydrogens is 356 g/mol. The number of benzene rings is 2. The predicted octanol–water partition coefficient (Wildman–Crippen LogP) is 2.61. The zero-order valence-corrected chi connectivity index (χ0v) is 15.1. The van der Waals surface area contributed by atoms with Gasteiger partial charge in [-0.05, 0) is 30.7 Å². The zero-order chi connectivity index (χ0) is 18.9. The lowest BCUT2D eigenvalue weighted by Gasteiger charge is -2.16. The summed E-state index contributed by atoms with van der Waals surface area (Å²) in [6.45, 7) is 1.99. The molecular formula is C19H21ClN2O4. The molecule has 1 amide bonds. The van der Waals surface area contributed by atoms with Crippen LogP contribution in [0.4, 0.5) is 5.69 Å². The highest BCUT2D eigenvalue weighted by molar-refractivity contribution is 6.31. The van der Waals surface area contributed by atoms with Gasteiger partial charge in [0.25, 0.3) is 5.91 Å². The highest BCUT2D eigenvalue weighted by Gasteiger charge is 2.20. The highest BCUT2D eigenvalue weighted by atomic mass is 35.5. The van der Waals surface area contributed by atoms with Gasteiger partial charge in [0.2, 0.25) is 0 Å².